The van der Waals surface area contributed by atoms with E-state index in [2.05, 4.69) is 26.0 Å². The Hall–Kier alpha value is -2.08. The predicted octanol–water partition coefficient (Wildman–Crippen LogP) is 2.82. The Morgan fingerprint density at radius 2 is 2.19 bits per heavy atom. The monoisotopic (exact) mass is 344 g/mol. The van der Waals surface area contributed by atoms with Crippen LogP contribution in [0.4, 0.5) is 0 Å². The number of aromatic amines is 1. The first kappa shape index (κ1) is 12.6. The summed E-state index contributed by atoms with van der Waals surface area (Å²) in [4.78, 5) is 17.4. The van der Waals surface area contributed by atoms with E-state index in [1.54, 1.807) is 6.20 Å². The van der Waals surface area contributed by atoms with Crippen molar-refractivity contribution in [3.8, 4) is 0 Å². The van der Waals surface area contributed by atoms with Gasteiger partial charge in [-0.15, -0.1) is 0 Å². The van der Waals surface area contributed by atoms with Crippen molar-refractivity contribution in [2.45, 2.75) is 6.04 Å². The van der Waals surface area contributed by atoms with Crippen LogP contribution in [0.5, 0.6) is 0 Å². The molecule has 1 amide bonds. The number of halogens is 1. The van der Waals surface area contributed by atoms with E-state index in [1.165, 1.54) is 0 Å². The van der Waals surface area contributed by atoms with Gasteiger partial charge >= 0.3 is 0 Å². The average molecular weight is 345 g/mol. The molecule has 3 aromatic rings. The molecule has 106 valence electrons. The van der Waals surface area contributed by atoms with Gasteiger partial charge in [-0.25, -0.2) is 0 Å². The number of carbonyl (C=O) groups is 1. The number of amides is 1. The van der Waals surface area contributed by atoms with Gasteiger partial charge in [0.2, 0.25) is 0 Å². The van der Waals surface area contributed by atoms with E-state index in [9.17, 15) is 4.79 Å². The predicted molar refractivity (Wildman–Crippen MR) is 83.2 cm³/mol. The molecular formula is C15H13BrN4O. The largest absolute Gasteiger partial charge is 0.361 e. The number of rotatable bonds is 2. The number of fused-ring (bicyclic) bond motifs is 1. The molecule has 0 radical (unpaired) electrons. The van der Waals surface area contributed by atoms with Crippen LogP contribution in [0.25, 0.3) is 10.9 Å². The number of likely N-dealkylation sites (tertiary alicyclic amines) is 1. The summed E-state index contributed by atoms with van der Waals surface area (Å²) in [5.41, 5.74) is 1.79. The van der Waals surface area contributed by atoms with Crippen molar-refractivity contribution in [3.63, 3.8) is 0 Å². The van der Waals surface area contributed by atoms with E-state index >= 15 is 0 Å². The number of H-pyrrole nitrogens is 1. The Labute approximate surface area is 129 Å². The van der Waals surface area contributed by atoms with Gasteiger partial charge in [-0.2, -0.15) is 5.10 Å². The maximum atomic E-state index is 12.5. The van der Waals surface area contributed by atoms with E-state index < -0.39 is 0 Å². The highest BCUT2D eigenvalue weighted by Gasteiger charge is 2.32. The molecule has 1 N–H and O–H groups in total. The highest BCUT2D eigenvalue weighted by Crippen LogP contribution is 2.25. The molecule has 0 atom stereocenters. The zero-order valence-electron chi connectivity index (χ0n) is 11.2. The molecule has 0 unspecified atom stereocenters. The van der Waals surface area contributed by atoms with E-state index in [0.29, 0.717) is 13.1 Å². The maximum Gasteiger partial charge on any atom is 0.254 e. The summed E-state index contributed by atoms with van der Waals surface area (Å²) in [7, 11) is 0. The van der Waals surface area contributed by atoms with Crippen molar-refractivity contribution in [2.24, 2.45) is 0 Å². The smallest absolute Gasteiger partial charge is 0.254 e. The quantitative estimate of drug-likeness (QED) is 0.777. The molecular weight excluding hydrogens is 332 g/mol. The van der Waals surface area contributed by atoms with Crippen LogP contribution in [0.2, 0.25) is 0 Å². The van der Waals surface area contributed by atoms with E-state index in [1.807, 2.05) is 46.2 Å². The second-order valence-corrected chi connectivity index (χ2v) is 6.20. The summed E-state index contributed by atoms with van der Waals surface area (Å²) in [5, 5.41) is 5.33. The number of carbonyl (C=O) groups excluding carboxylic acids is 1. The molecule has 0 aliphatic carbocycles. The highest BCUT2D eigenvalue weighted by molar-refractivity contribution is 9.10. The molecule has 1 saturated heterocycles. The topological polar surface area (TPSA) is 53.9 Å². The van der Waals surface area contributed by atoms with Gasteiger partial charge in [0.25, 0.3) is 5.91 Å². The van der Waals surface area contributed by atoms with Gasteiger partial charge < -0.3 is 9.88 Å². The number of hydrogen-bond donors (Lipinski definition) is 1. The second kappa shape index (κ2) is 4.73. The summed E-state index contributed by atoms with van der Waals surface area (Å²) in [5.74, 6) is 0.0839. The van der Waals surface area contributed by atoms with Crippen molar-refractivity contribution in [1.82, 2.24) is 19.7 Å². The molecule has 0 spiro atoms. The minimum atomic E-state index is 0.0839. The third-order valence-corrected chi connectivity index (χ3v) is 4.30. The highest BCUT2D eigenvalue weighted by atomic mass is 79.9. The van der Waals surface area contributed by atoms with Gasteiger partial charge in [0.15, 0.2) is 0 Å². The molecule has 6 heteroatoms. The van der Waals surface area contributed by atoms with Gasteiger partial charge in [0.05, 0.1) is 16.7 Å². The SMILES string of the molecule is O=C(c1ccc2[nH]ccc2c1)N1CC(n2cc(Br)cn2)C1. The third-order valence-electron chi connectivity index (χ3n) is 3.89. The van der Waals surface area contributed by atoms with E-state index in [4.69, 9.17) is 0 Å². The molecule has 1 aliphatic heterocycles. The molecule has 21 heavy (non-hydrogen) atoms. The Bertz CT molecular complexity index is 816. The third kappa shape index (κ3) is 2.15. The Balaban J connectivity index is 1.49. The van der Waals surface area contributed by atoms with Crippen LogP contribution in [-0.2, 0) is 0 Å². The van der Waals surface area contributed by atoms with E-state index in [-0.39, 0.29) is 11.9 Å². The standard InChI is InChI=1S/C15H13BrN4O/c16-12-6-18-20(7-12)13-8-19(9-13)15(21)11-1-2-14-10(5-11)3-4-17-14/h1-7,13,17H,8-9H2. The number of benzene rings is 1. The maximum absolute atomic E-state index is 12.5. The normalized spacial score (nSPS) is 15.4. The molecule has 1 aromatic carbocycles. The van der Waals surface area contributed by atoms with Crippen LogP contribution in [0.1, 0.15) is 16.4 Å². The summed E-state index contributed by atoms with van der Waals surface area (Å²) in [6.07, 6.45) is 5.59. The lowest BCUT2D eigenvalue weighted by atomic mass is 10.1. The number of nitrogens with zero attached hydrogens (tertiary/aromatic N) is 3. The summed E-state index contributed by atoms with van der Waals surface area (Å²) < 4.78 is 2.87. The van der Waals surface area contributed by atoms with Crippen LogP contribution in [0, 0.1) is 0 Å². The molecule has 3 heterocycles. The Morgan fingerprint density at radius 3 is 2.95 bits per heavy atom. The number of aromatic nitrogens is 3. The molecule has 2 aromatic heterocycles. The lowest BCUT2D eigenvalue weighted by Gasteiger charge is -2.39. The fourth-order valence-electron chi connectivity index (χ4n) is 2.67. The summed E-state index contributed by atoms with van der Waals surface area (Å²) in [6.45, 7) is 1.41. The lowest BCUT2D eigenvalue weighted by molar-refractivity contribution is 0.0501. The van der Waals surface area contributed by atoms with Crippen LogP contribution in [0.15, 0.2) is 47.3 Å². The van der Waals surface area contributed by atoms with Crippen molar-refractivity contribution in [2.75, 3.05) is 13.1 Å². The summed E-state index contributed by atoms with van der Waals surface area (Å²) >= 11 is 3.39. The van der Waals surface area contributed by atoms with Crippen molar-refractivity contribution >= 4 is 32.7 Å². The fourth-order valence-corrected chi connectivity index (χ4v) is 2.97. The number of nitrogens with one attached hydrogen (secondary N) is 1. The minimum absolute atomic E-state index is 0.0839. The van der Waals surface area contributed by atoms with Crippen LogP contribution >= 0.6 is 15.9 Å². The molecule has 0 saturated carbocycles. The van der Waals surface area contributed by atoms with Gasteiger partial charge in [-0.1, -0.05) is 0 Å². The zero-order chi connectivity index (χ0) is 14.4. The first-order valence-corrected chi connectivity index (χ1v) is 7.56. The molecule has 1 aliphatic rings. The van der Waals surface area contributed by atoms with Crippen LogP contribution < -0.4 is 0 Å². The first-order valence-electron chi connectivity index (χ1n) is 6.77. The minimum Gasteiger partial charge on any atom is -0.361 e. The second-order valence-electron chi connectivity index (χ2n) is 5.28. The zero-order valence-corrected chi connectivity index (χ0v) is 12.7. The Kier molecular flexibility index (Phi) is 2.85. The molecule has 0 bridgehead atoms. The Morgan fingerprint density at radius 1 is 1.33 bits per heavy atom. The van der Waals surface area contributed by atoms with Gasteiger partial charge in [-0.05, 0) is 40.2 Å². The van der Waals surface area contributed by atoms with Crippen molar-refractivity contribution in [1.29, 1.82) is 0 Å². The van der Waals surface area contributed by atoms with Crippen LogP contribution in [0.3, 0.4) is 0 Å². The molecule has 1 fully saturated rings. The van der Waals surface area contributed by atoms with Crippen molar-refractivity contribution < 1.29 is 4.79 Å². The summed E-state index contributed by atoms with van der Waals surface area (Å²) in [6, 6.07) is 8.01. The first-order chi connectivity index (χ1) is 10.2. The van der Waals surface area contributed by atoms with Crippen LogP contribution in [-0.4, -0.2) is 38.7 Å². The molecule has 5 nitrogen and oxygen atoms in total. The number of hydrogen-bond acceptors (Lipinski definition) is 2. The van der Waals surface area contributed by atoms with Gasteiger partial charge in [0.1, 0.15) is 0 Å². The van der Waals surface area contributed by atoms with Gasteiger partial charge in [0, 0.05) is 41.9 Å². The average Bonchev–Trinajstić information content (AvgIpc) is 3.05. The van der Waals surface area contributed by atoms with Gasteiger partial charge in [-0.3, -0.25) is 9.48 Å². The fraction of sp³-hybridized carbons (Fsp3) is 0.200. The van der Waals surface area contributed by atoms with E-state index in [0.717, 1.165) is 20.9 Å². The molecule has 4 rings (SSSR count). The lowest BCUT2D eigenvalue weighted by Crippen LogP contribution is -2.50. The van der Waals surface area contributed by atoms with Crippen molar-refractivity contribution in [3.05, 3.63) is 52.9 Å².